The molecule has 206 valence electrons. The maximum Gasteiger partial charge on any atom is 0.308 e. The van der Waals surface area contributed by atoms with Gasteiger partial charge in [-0.15, -0.1) is 0 Å². The van der Waals surface area contributed by atoms with Gasteiger partial charge in [-0.05, 0) is 43.0 Å². The van der Waals surface area contributed by atoms with Crippen LogP contribution in [0.1, 0.15) is 44.1 Å². The normalized spacial score (nSPS) is 20.5. The number of carboxylic acid groups (broad SMARTS) is 1. The molecule has 2 aliphatic rings. The number of fused-ring (bicyclic) bond motifs is 1. The van der Waals surface area contributed by atoms with Crippen molar-refractivity contribution in [2.24, 2.45) is 5.92 Å². The van der Waals surface area contributed by atoms with Gasteiger partial charge in [0.1, 0.15) is 0 Å². The van der Waals surface area contributed by atoms with E-state index in [1.54, 1.807) is 33.9 Å². The second kappa shape index (κ2) is 12.9. The summed E-state index contributed by atoms with van der Waals surface area (Å²) in [6.07, 6.45) is 4.39. The maximum absolute atomic E-state index is 13.4. The van der Waals surface area contributed by atoms with E-state index in [2.05, 4.69) is 6.92 Å². The third-order valence-electron chi connectivity index (χ3n) is 7.48. The van der Waals surface area contributed by atoms with E-state index in [-0.39, 0.29) is 37.3 Å². The highest BCUT2D eigenvalue weighted by atomic mass is 16.7. The van der Waals surface area contributed by atoms with Crippen molar-refractivity contribution < 1.29 is 29.3 Å². The summed E-state index contributed by atoms with van der Waals surface area (Å²) >= 11 is 0. The van der Waals surface area contributed by atoms with E-state index in [9.17, 15) is 24.6 Å². The van der Waals surface area contributed by atoms with Crippen molar-refractivity contribution in [1.82, 2.24) is 14.4 Å². The Morgan fingerprint density at radius 1 is 1.11 bits per heavy atom. The predicted octanol–water partition coefficient (Wildman–Crippen LogP) is 2.15. The van der Waals surface area contributed by atoms with Crippen LogP contribution in [0.25, 0.3) is 0 Å². The van der Waals surface area contributed by atoms with E-state index >= 15 is 0 Å². The molecule has 2 N–H and O–H groups in total. The smallest absolute Gasteiger partial charge is 0.308 e. The van der Waals surface area contributed by atoms with Crippen LogP contribution in [0.15, 0.2) is 47.4 Å². The number of carbonyl (C=O) groups excluding carboxylic acids is 1. The number of pyridine rings is 1. The van der Waals surface area contributed by atoms with Gasteiger partial charge in [0.25, 0.3) is 0 Å². The Morgan fingerprint density at radius 3 is 2.63 bits per heavy atom. The topological polar surface area (TPSA) is 122 Å². The quantitative estimate of drug-likeness (QED) is 0.407. The van der Waals surface area contributed by atoms with Crippen LogP contribution in [0.2, 0.25) is 0 Å². The number of benzene rings is 1. The molecule has 3 unspecified atom stereocenters. The molecule has 1 fully saturated rings. The number of aliphatic hydroxyl groups is 1. The van der Waals surface area contributed by atoms with Crippen LogP contribution in [0.5, 0.6) is 11.5 Å². The summed E-state index contributed by atoms with van der Waals surface area (Å²) in [6, 6.07) is 9.97. The lowest BCUT2D eigenvalue weighted by atomic mass is 9.84. The lowest BCUT2D eigenvalue weighted by Crippen LogP contribution is -2.45. The van der Waals surface area contributed by atoms with Gasteiger partial charge in [-0.3, -0.25) is 19.3 Å². The summed E-state index contributed by atoms with van der Waals surface area (Å²) in [6.45, 7) is 4.06. The molecule has 2 aliphatic heterocycles. The molecular weight excluding hydrogens is 490 g/mol. The number of aliphatic carboxylic acids is 1. The number of aryl methyl sites for hydroxylation is 1. The van der Waals surface area contributed by atoms with Crippen LogP contribution in [0.3, 0.4) is 0 Å². The largest absolute Gasteiger partial charge is 0.481 e. The number of nitrogens with zero attached hydrogens (tertiary/aromatic N) is 3. The zero-order valence-electron chi connectivity index (χ0n) is 21.8. The second-order valence-electron chi connectivity index (χ2n) is 9.91. The average molecular weight is 528 g/mol. The van der Waals surface area contributed by atoms with Gasteiger partial charge in [-0.2, -0.15) is 0 Å². The molecular formula is C28H37N3O7. The predicted molar refractivity (Wildman–Crippen MR) is 140 cm³/mol. The summed E-state index contributed by atoms with van der Waals surface area (Å²) in [5.74, 6) is -0.942. The van der Waals surface area contributed by atoms with Crippen LogP contribution < -0.4 is 15.0 Å². The molecule has 0 aliphatic carbocycles. The van der Waals surface area contributed by atoms with Gasteiger partial charge in [0.05, 0.1) is 12.5 Å². The van der Waals surface area contributed by atoms with E-state index in [1.807, 2.05) is 17.0 Å². The molecule has 1 saturated heterocycles. The lowest BCUT2D eigenvalue weighted by molar-refractivity contribution is -0.144. The Labute approximate surface area is 222 Å². The summed E-state index contributed by atoms with van der Waals surface area (Å²) in [7, 11) is 0. The molecule has 0 saturated carbocycles. The van der Waals surface area contributed by atoms with Crippen LogP contribution in [0, 0.1) is 5.92 Å². The highest BCUT2D eigenvalue weighted by molar-refractivity contribution is 5.79. The van der Waals surface area contributed by atoms with Crippen molar-refractivity contribution in [3.05, 3.63) is 58.5 Å². The number of hydrogen-bond donors (Lipinski definition) is 2. The van der Waals surface area contributed by atoms with E-state index in [4.69, 9.17) is 9.47 Å². The molecule has 0 spiro atoms. The van der Waals surface area contributed by atoms with E-state index in [1.165, 1.54) is 6.07 Å². The van der Waals surface area contributed by atoms with Gasteiger partial charge in [0.2, 0.25) is 18.3 Å². The van der Waals surface area contributed by atoms with Gasteiger partial charge >= 0.3 is 5.97 Å². The minimum Gasteiger partial charge on any atom is -0.481 e. The number of hydrogen-bond acceptors (Lipinski definition) is 7. The fraction of sp³-hybridized carbons (Fsp3) is 0.536. The fourth-order valence-electron chi connectivity index (χ4n) is 5.50. The number of likely N-dealkylation sites (tertiary alicyclic amines) is 1. The first-order chi connectivity index (χ1) is 18.4. The molecule has 10 nitrogen and oxygen atoms in total. The van der Waals surface area contributed by atoms with E-state index in [0.717, 1.165) is 18.4 Å². The molecule has 0 bridgehead atoms. The van der Waals surface area contributed by atoms with Crippen LogP contribution >= 0.6 is 0 Å². The first-order valence-corrected chi connectivity index (χ1v) is 13.3. The summed E-state index contributed by atoms with van der Waals surface area (Å²) in [5, 5.41) is 19.7. The molecule has 3 atom stereocenters. The molecule has 3 heterocycles. The molecule has 0 radical (unpaired) electrons. The summed E-state index contributed by atoms with van der Waals surface area (Å²) in [5.41, 5.74) is 0.670. The Morgan fingerprint density at radius 2 is 1.89 bits per heavy atom. The zero-order chi connectivity index (χ0) is 27.1. The first-order valence-electron chi connectivity index (χ1n) is 13.3. The molecule has 10 heteroatoms. The van der Waals surface area contributed by atoms with Crippen molar-refractivity contribution >= 4 is 11.9 Å². The third kappa shape index (κ3) is 6.36. The molecule has 4 rings (SSSR count). The summed E-state index contributed by atoms with van der Waals surface area (Å²) in [4.78, 5) is 42.1. The maximum atomic E-state index is 13.4. The van der Waals surface area contributed by atoms with E-state index in [0.29, 0.717) is 50.5 Å². The van der Waals surface area contributed by atoms with Crippen molar-refractivity contribution in [3.8, 4) is 11.5 Å². The van der Waals surface area contributed by atoms with Crippen LogP contribution in [0.4, 0.5) is 0 Å². The highest BCUT2D eigenvalue weighted by Gasteiger charge is 2.47. The number of amides is 1. The SMILES string of the molecule is CCCCN(CCCO)C(=O)CN1CC(c2ccc3c(c2)OCO3)C(C(=O)O)C1CCn1ccccc1=O. The fourth-order valence-corrected chi connectivity index (χ4v) is 5.50. The van der Waals surface area contributed by atoms with Gasteiger partial charge in [0.15, 0.2) is 11.5 Å². The van der Waals surface area contributed by atoms with Crippen molar-refractivity contribution in [1.29, 1.82) is 0 Å². The minimum atomic E-state index is -0.934. The standard InChI is InChI=1S/C28H37N3O7/c1-2-3-11-29(13-6-15-32)26(34)18-31-17-21(20-8-9-23-24(16-20)38-19-37-23)27(28(35)36)22(31)10-14-30-12-5-4-7-25(30)33/h4-5,7-9,12,16,21-22,27,32H,2-3,6,10-11,13-15,17-19H2,1H3,(H,35,36). The Balaban J connectivity index is 1.61. The minimum absolute atomic E-state index is 0.00134. The number of ether oxygens (including phenoxy) is 2. The average Bonchev–Trinajstić information content (AvgIpc) is 3.52. The molecule has 1 aromatic heterocycles. The Hall–Kier alpha value is -3.37. The number of unbranched alkanes of at least 4 members (excludes halogenated alkanes) is 1. The van der Waals surface area contributed by atoms with Gasteiger partial charge in [-0.1, -0.05) is 25.5 Å². The third-order valence-corrected chi connectivity index (χ3v) is 7.48. The number of aliphatic hydroxyl groups excluding tert-OH is 1. The number of aromatic nitrogens is 1. The van der Waals surface area contributed by atoms with Crippen LogP contribution in [-0.4, -0.2) is 82.1 Å². The molecule has 2 aromatic rings. The monoisotopic (exact) mass is 527 g/mol. The number of carbonyl (C=O) groups is 2. The zero-order valence-corrected chi connectivity index (χ0v) is 21.8. The number of rotatable bonds is 13. The summed E-state index contributed by atoms with van der Waals surface area (Å²) < 4.78 is 12.5. The lowest BCUT2D eigenvalue weighted by Gasteiger charge is -2.30. The van der Waals surface area contributed by atoms with Gasteiger partial charge in [0, 0.05) is 57.0 Å². The van der Waals surface area contributed by atoms with Gasteiger partial charge < -0.3 is 29.2 Å². The Bertz CT molecular complexity index is 1160. The molecule has 38 heavy (non-hydrogen) atoms. The van der Waals surface area contributed by atoms with Crippen LogP contribution in [-0.2, 0) is 16.1 Å². The Kier molecular flexibility index (Phi) is 9.41. The van der Waals surface area contributed by atoms with Crippen molar-refractivity contribution in [2.75, 3.05) is 39.6 Å². The second-order valence-corrected chi connectivity index (χ2v) is 9.91. The number of carboxylic acids is 1. The molecule has 1 aromatic carbocycles. The molecule has 1 amide bonds. The van der Waals surface area contributed by atoms with Crippen molar-refractivity contribution in [2.45, 2.75) is 51.1 Å². The first kappa shape index (κ1) is 27.7. The van der Waals surface area contributed by atoms with Gasteiger partial charge in [-0.25, -0.2) is 0 Å². The van der Waals surface area contributed by atoms with Crippen molar-refractivity contribution in [3.63, 3.8) is 0 Å². The van der Waals surface area contributed by atoms with E-state index < -0.39 is 17.9 Å². The highest BCUT2D eigenvalue weighted by Crippen LogP contribution is 2.42.